The quantitative estimate of drug-likeness (QED) is 0.771. The molecule has 4 heterocycles. The summed E-state index contributed by atoms with van der Waals surface area (Å²) in [5.41, 5.74) is 0.907. The molecule has 0 aliphatic carbocycles. The van der Waals surface area contributed by atoms with Crippen LogP contribution in [0.5, 0.6) is 11.5 Å². The fraction of sp³-hybridized carbons (Fsp3) is 0.500. The zero-order valence-corrected chi connectivity index (χ0v) is 14.7. The molecule has 3 aliphatic heterocycles. The van der Waals surface area contributed by atoms with Crippen LogP contribution < -0.4 is 9.47 Å². The average Bonchev–Trinajstić information content (AvgIpc) is 3.41. The van der Waals surface area contributed by atoms with Crippen molar-refractivity contribution in [3.05, 3.63) is 36.4 Å². The van der Waals surface area contributed by atoms with Crippen molar-refractivity contribution in [3.63, 3.8) is 0 Å². The Kier molecular flexibility index (Phi) is 4.17. The summed E-state index contributed by atoms with van der Waals surface area (Å²) in [7, 11) is 0. The van der Waals surface area contributed by atoms with E-state index in [-0.39, 0.29) is 30.9 Å². The number of carbonyl (C=O) groups is 1. The molecule has 1 aromatic carbocycles. The molecule has 3 aliphatic rings. The van der Waals surface area contributed by atoms with E-state index in [1.54, 1.807) is 11.0 Å². The first-order valence-electron chi connectivity index (χ1n) is 9.00. The Morgan fingerprint density at radius 2 is 1.89 bits per heavy atom. The minimum atomic E-state index is -0.112. The SMILES string of the molecule is O=C(Cc1ccc2c(c1)OCO2)N1C[C@@H]2OCC(n3cncn3)CO[C@H]2C1. The second kappa shape index (κ2) is 6.82. The summed E-state index contributed by atoms with van der Waals surface area (Å²) < 4.78 is 24.5. The standard InChI is InChI=1S/C18H20N4O5/c23-18(4-12-1-2-14-15(3-12)27-11-26-14)21-5-16-17(6-21)25-8-13(7-24-16)22-10-19-9-20-22/h1-3,9-10,13,16-17H,4-8,11H2/t16-,17-/m0/s1. The van der Waals surface area contributed by atoms with Crippen LogP contribution in [0.4, 0.5) is 0 Å². The maximum atomic E-state index is 12.7. The van der Waals surface area contributed by atoms with Crippen molar-refractivity contribution in [2.45, 2.75) is 24.7 Å². The second-order valence-electron chi connectivity index (χ2n) is 6.94. The zero-order valence-electron chi connectivity index (χ0n) is 14.7. The highest BCUT2D eigenvalue weighted by Crippen LogP contribution is 2.33. The number of benzene rings is 1. The zero-order chi connectivity index (χ0) is 18.2. The van der Waals surface area contributed by atoms with Crippen LogP contribution in [0.3, 0.4) is 0 Å². The van der Waals surface area contributed by atoms with Crippen LogP contribution in [-0.2, 0) is 20.7 Å². The van der Waals surface area contributed by atoms with Crippen LogP contribution in [0.25, 0.3) is 0 Å². The first-order valence-corrected chi connectivity index (χ1v) is 9.00. The van der Waals surface area contributed by atoms with Gasteiger partial charge < -0.3 is 23.8 Å². The van der Waals surface area contributed by atoms with Crippen LogP contribution in [0.15, 0.2) is 30.9 Å². The molecular formula is C18H20N4O5. The van der Waals surface area contributed by atoms with E-state index < -0.39 is 0 Å². The lowest BCUT2D eigenvalue weighted by atomic mass is 10.1. The summed E-state index contributed by atoms with van der Waals surface area (Å²) in [6.45, 7) is 2.30. The maximum absolute atomic E-state index is 12.7. The lowest BCUT2D eigenvalue weighted by Crippen LogP contribution is -2.32. The van der Waals surface area contributed by atoms with E-state index in [1.807, 2.05) is 23.1 Å². The molecule has 2 aromatic rings. The van der Waals surface area contributed by atoms with E-state index in [9.17, 15) is 4.79 Å². The average molecular weight is 372 g/mol. The number of likely N-dealkylation sites (tertiary alicyclic amines) is 1. The Balaban J connectivity index is 1.19. The number of amides is 1. The van der Waals surface area contributed by atoms with Crippen molar-refractivity contribution in [1.29, 1.82) is 0 Å². The summed E-state index contributed by atoms with van der Waals surface area (Å²) in [6.07, 6.45) is 3.26. The normalized spacial score (nSPS) is 24.7. The predicted molar refractivity (Wildman–Crippen MR) is 91.4 cm³/mol. The minimum Gasteiger partial charge on any atom is -0.454 e. The van der Waals surface area contributed by atoms with Gasteiger partial charge in [-0.25, -0.2) is 9.67 Å². The molecule has 5 rings (SSSR count). The van der Waals surface area contributed by atoms with Crippen LogP contribution in [-0.4, -0.2) is 70.9 Å². The number of hydrogen-bond donors (Lipinski definition) is 0. The summed E-state index contributed by atoms with van der Waals surface area (Å²) in [5, 5.41) is 4.15. The molecule has 0 bridgehead atoms. The number of aromatic nitrogens is 3. The minimum absolute atomic E-state index is 0.0101. The van der Waals surface area contributed by atoms with Gasteiger partial charge in [0.25, 0.3) is 0 Å². The van der Waals surface area contributed by atoms with Crippen LogP contribution in [0.1, 0.15) is 11.6 Å². The molecule has 9 nitrogen and oxygen atoms in total. The van der Waals surface area contributed by atoms with Gasteiger partial charge >= 0.3 is 0 Å². The Labute approximate surface area is 155 Å². The fourth-order valence-electron chi connectivity index (χ4n) is 3.68. The largest absolute Gasteiger partial charge is 0.454 e. The third-order valence-corrected chi connectivity index (χ3v) is 5.18. The molecule has 27 heavy (non-hydrogen) atoms. The smallest absolute Gasteiger partial charge is 0.231 e. The van der Waals surface area contributed by atoms with E-state index in [0.717, 1.165) is 11.3 Å². The van der Waals surface area contributed by atoms with Gasteiger partial charge in [0.2, 0.25) is 12.7 Å². The number of carbonyl (C=O) groups excluding carboxylic acids is 1. The van der Waals surface area contributed by atoms with Gasteiger partial charge in [-0.3, -0.25) is 4.79 Å². The van der Waals surface area contributed by atoms with Crippen LogP contribution in [0, 0.1) is 0 Å². The van der Waals surface area contributed by atoms with E-state index in [1.165, 1.54) is 6.33 Å². The summed E-state index contributed by atoms with van der Waals surface area (Å²) in [5.74, 6) is 1.47. The third kappa shape index (κ3) is 3.24. The highest BCUT2D eigenvalue weighted by Gasteiger charge is 2.39. The number of hydrogen-bond acceptors (Lipinski definition) is 7. The second-order valence-corrected chi connectivity index (χ2v) is 6.94. The third-order valence-electron chi connectivity index (χ3n) is 5.18. The number of rotatable bonds is 3. The Morgan fingerprint density at radius 3 is 2.63 bits per heavy atom. The van der Waals surface area contributed by atoms with E-state index in [0.29, 0.717) is 38.5 Å². The molecule has 142 valence electrons. The van der Waals surface area contributed by atoms with Crippen LogP contribution >= 0.6 is 0 Å². The van der Waals surface area contributed by atoms with Crippen molar-refractivity contribution in [1.82, 2.24) is 19.7 Å². The predicted octanol–water partition coefficient (Wildman–Crippen LogP) is 0.417. The number of ether oxygens (including phenoxy) is 4. The fourth-order valence-corrected chi connectivity index (χ4v) is 3.68. The topological polar surface area (TPSA) is 87.9 Å². The van der Waals surface area contributed by atoms with Crippen LogP contribution in [0.2, 0.25) is 0 Å². The summed E-state index contributed by atoms with van der Waals surface area (Å²) in [4.78, 5) is 18.5. The van der Waals surface area contributed by atoms with Crippen molar-refractivity contribution in [2.75, 3.05) is 33.1 Å². The van der Waals surface area contributed by atoms with Gasteiger partial charge in [0.15, 0.2) is 11.5 Å². The Hall–Kier alpha value is -2.65. The maximum Gasteiger partial charge on any atom is 0.231 e. The molecule has 1 aromatic heterocycles. The molecule has 2 fully saturated rings. The van der Waals surface area contributed by atoms with Crippen molar-refractivity contribution >= 4 is 5.91 Å². The van der Waals surface area contributed by atoms with Crippen molar-refractivity contribution < 1.29 is 23.7 Å². The molecule has 0 spiro atoms. The van der Waals surface area contributed by atoms with E-state index in [2.05, 4.69) is 10.1 Å². The van der Waals surface area contributed by atoms with Crippen molar-refractivity contribution in [3.8, 4) is 11.5 Å². The van der Waals surface area contributed by atoms with Gasteiger partial charge in [0.1, 0.15) is 30.9 Å². The van der Waals surface area contributed by atoms with Crippen molar-refractivity contribution in [2.24, 2.45) is 0 Å². The molecular weight excluding hydrogens is 352 g/mol. The van der Waals surface area contributed by atoms with Gasteiger partial charge in [0, 0.05) is 13.1 Å². The van der Waals surface area contributed by atoms with Gasteiger partial charge in [-0.05, 0) is 17.7 Å². The first kappa shape index (κ1) is 16.5. The molecule has 2 atom stereocenters. The van der Waals surface area contributed by atoms with E-state index >= 15 is 0 Å². The van der Waals surface area contributed by atoms with Gasteiger partial charge in [0.05, 0.1) is 19.6 Å². The number of nitrogens with zero attached hydrogens (tertiary/aromatic N) is 4. The lowest BCUT2D eigenvalue weighted by Gasteiger charge is -2.18. The Morgan fingerprint density at radius 1 is 1.11 bits per heavy atom. The monoisotopic (exact) mass is 372 g/mol. The van der Waals surface area contributed by atoms with E-state index in [4.69, 9.17) is 18.9 Å². The molecule has 9 heteroatoms. The summed E-state index contributed by atoms with van der Waals surface area (Å²) >= 11 is 0. The van der Waals surface area contributed by atoms with Gasteiger partial charge in [-0.1, -0.05) is 6.07 Å². The molecule has 0 radical (unpaired) electrons. The molecule has 0 N–H and O–H groups in total. The lowest BCUT2D eigenvalue weighted by molar-refractivity contribution is -0.130. The molecule has 0 unspecified atom stereocenters. The molecule has 2 saturated heterocycles. The Bertz CT molecular complexity index is 811. The first-order chi connectivity index (χ1) is 13.3. The molecule has 0 saturated carbocycles. The molecule has 1 amide bonds. The van der Waals surface area contributed by atoms with Gasteiger partial charge in [-0.15, -0.1) is 0 Å². The van der Waals surface area contributed by atoms with Gasteiger partial charge in [-0.2, -0.15) is 5.10 Å². The summed E-state index contributed by atoms with van der Waals surface area (Å²) in [6, 6.07) is 5.62. The highest BCUT2D eigenvalue weighted by atomic mass is 16.7. The number of fused-ring (bicyclic) bond motifs is 2. The highest BCUT2D eigenvalue weighted by molar-refractivity contribution is 5.79.